The van der Waals surface area contributed by atoms with Crippen LogP contribution in [-0.2, 0) is 46.1 Å². The Balaban J connectivity index is 1.81. The molecule has 0 radical (unpaired) electrons. The molecule has 0 fully saturated rings. The van der Waals surface area contributed by atoms with Crippen molar-refractivity contribution in [1.29, 1.82) is 0 Å². The third-order valence-corrected chi connectivity index (χ3v) is 7.05. The molecule has 4 rings (SSSR count). The Labute approximate surface area is 226 Å². The van der Waals surface area contributed by atoms with E-state index in [2.05, 4.69) is 0 Å². The van der Waals surface area contributed by atoms with Crippen LogP contribution in [0.4, 0.5) is 41.6 Å². The van der Waals surface area contributed by atoms with E-state index in [1.54, 1.807) is 19.9 Å². The minimum atomic E-state index is -5.04. The van der Waals surface area contributed by atoms with E-state index in [1.807, 2.05) is 6.07 Å². The average Bonchev–Trinajstić information content (AvgIpc) is 3.36. The molecule has 0 saturated carbocycles. The van der Waals surface area contributed by atoms with E-state index in [1.165, 1.54) is 5.06 Å². The van der Waals surface area contributed by atoms with Crippen molar-refractivity contribution >= 4 is 17.9 Å². The molecule has 0 saturated heterocycles. The van der Waals surface area contributed by atoms with Crippen LogP contribution in [0, 0.1) is 0 Å². The Kier molecular flexibility index (Phi) is 8.13. The zero-order valence-corrected chi connectivity index (χ0v) is 22.0. The summed E-state index contributed by atoms with van der Waals surface area (Å²) in [6.07, 6.45) is -9.54. The summed E-state index contributed by atoms with van der Waals surface area (Å²) in [6.45, 7) is 2.84. The smallest absolute Gasteiger partial charge is 0.453 e. The molecule has 2 aliphatic rings. The van der Waals surface area contributed by atoms with E-state index >= 15 is 0 Å². The molecule has 40 heavy (non-hydrogen) atoms. The predicted molar refractivity (Wildman–Crippen MR) is 130 cm³/mol. The first kappa shape index (κ1) is 29.3. The summed E-state index contributed by atoms with van der Waals surface area (Å²) in [6, 6.07) is 3.49. The number of benzene rings is 2. The van der Waals surface area contributed by atoms with Gasteiger partial charge >= 0.3 is 24.6 Å². The second-order valence-corrected chi connectivity index (χ2v) is 9.71. The highest BCUT2D eigenvalue weighted by atomic mass is 19.4. The Bertz CT molecular complexity index is 1250. The minimum Gasteiger partial charge on any atom is -0.453 e. The van der Waals surface area contributed by atoms with Crippen LogP contribution in [0.5, 0.6) is 0 Å². The molecular weight excluding hydrogens is 546 g/mol. The molecule has 13 heteroatoms. The Morgan fingerprint density at radius 2 is 1.68 bits per heavy atom. The molecule has 0 spiro atoms. The van der Waals surface area contributed by atoms with Crippen LogP contribution >= 0.6 is 0 Å². The van der Waals surface area contributed by atoms with E-state index in [-0.39, 0.29) is 24.7 Å². The molecule has 0 aromatic heterocycles. The van der Waals surface area contributed by atoms with Crippen LogP contribution in [0.1, 0.15) is 66.1 Å². The van der Waals surface area contributed by atoms with E-state index in [4.69, 9.17) is 14.3 Å². The lowest BCUT2D eigenvalue weighted by molar-refractivity contribution is -0.143. The van der Waals surface area contributed by atoms with Gasteiger partial charge in [-0.25, -0.2) is 9.59 Å². The number of carbonyl (C=O) groups excluding carboxylic acids is 2. The first-order chi connectivity index (χ1) is 18.7. The summed E-state index contributed by atoms with van der Waals surface area (Å²) in [5.74, 6) is 0. The van der Waals surface area contributed by atoms with Crippen molar-refractivity contribution in [3.05, 3.63) is 63.7 Å². The lowest BCUT2D eigenvalue weighted by atomic mass is 9.88. The van der Waals surface area contributed by atoms with Gasteiger partial charge < -0.3 is 14.3 Å². The number of ether oxygens (including phenoxy) is 2. The summed E-state index contributed by atoms with van der Waals surface area (Å²) < 4.78 is 90.9. The fourth-order valence-electron chi connectivity index (χ4n) is 5.34. The number of rotatable bonds is 5. The Morgan fingerprint density at radius 1 is 1.02 bits per heavy atom. The molecule has 1 amide bonds. The van der Waals surface area contributed by atoms with Gasteiger partial charge in [0.25, 0.3) is 0 Å². The van der Waals surface area contributed by atoms with Crippen molar-refractivity contribution in [2.75, 3.05) is 18.8 Å². The van der Waals surface area contributed by atoms with Crippen molar-refractivity contribution in [2.45, 2.75) is 70.5 Å². The van der Waals surface area contributed by atoms with Gasteiger partial charge in [-0.05, 0) is 74.4 Å². The highest BCUT2D eigenvalue weighted by Gasteiger charge is 2.42. The molecule has 7 nitrogen and oxygen atoms in total. The van der Waals surface area contributed by atoms with E-state index in [9.17, 15) is 35.9 Å². The lowest BCUT2D eigenvalue weighted by Crippen LogP contribution is -2.46. The quantitative estimate of drug-likeness (QED) is 0.278. The summed E-state index contributed by atoms with van der Waals surface area (Å²) in [4.78, 5) is 31.9. The summed E-state index contributed by atoms with van der Waals surface area (Å²) in [5.41, 5.74) is -0.369. The molecule has 0 N–H and O–H groups in total. The fraction of sp³-hybridized carbons (Fsp3) is 0.481. The van der Waals surface area contributed by atoms with Crippen LogP contribution in [-0.4, -0.2) is 36.9 Å². The Morgan fingerprint density at radius 3 is 2.25 bits per heavy atom. The highest BCUT2D eigenvalue weighted by Crippen LogP contribution is 2.46. The topological polar surface area (TPSA) is 68.3 Å². The number of anilines is 1. The summed E-state index contributed by atoms with van der Waals surface area (Å²) in [5, 5.41) is 1.41. The molecule has 1 heterocycles. The van der Waals surface area contributed by atoms with Gasteiger partial charge in [-0.15, -0.1) is 0 Å². The number of carbonyl (C=O) groups is 2. The second kappa shape index (κ2) is 11.1. The molecule has 218 valence electrons. The number of fused-ring (bicyclic) bond motifs is 3. The molecule has 0 unspecified atom stereocenters. The summed E-state index contributed by atoms with van der Waals surface area (Å²) >= 11 is 0. The third-order valence-electron chi connectivity index (χ3n) is 7.05. The predicted octanol–water partition coefficient (Wildman–Crippen LogP) is 7.21. The van der Waals surface area contributed by atoms with E-state index in [0.29, 0.717) is 29.8 Å². The van der Waals surface area contributed by atoms with E-state index in [0.717, 1.165) is 36.0 Å². The first-order valence-electron chi connectivity index (χ1n) is 12.7. The number of halogens is 6. The zero-order valence-electron chi connectivity index (χ0n) is 22.0. The number of hydrogen-bond donors (Lipinski definition) is 0. The number of hydroxylamine groups is 1. The molecule has 2 aromatic rings. The van der Waals surface area contributed by atoms with Gasteiger partial charge in [0.15, 0.2) is 0 Å². The summed E-state index contributed by atoms with van der Waals surface area (Å²) in [7, 11) is 1.08. The van der Waals surface area contributed by atoms with Crippen LogP contribution in [0.3, 0.4) is 0 Å². The maximum Gasteiger partial charge on any atom is 0.533 e. The second-order valence-electron chi connectivity index (χ2n) is 9.71. The van der Waals surface area contributed by atoms with Gasteiger partial charge in [0.2, 0.25) is 0 Å². The van der Waals surface area contributed by atoms with E-state index < -0.39 is 54.4 Å². The van der Waals surface area contributed by atoms with Gasteiger partial charge in [0.1, 0.15) is 0 Å². The maximum atomic E-state index is 13.5. The molecule has 1 aliphatic carbocycles. The number of hydrogen-bond acceptors (Lipinski definition) is 6. The van der Waals surface area contributed by atoms with Gasteiger partial charge in [0, 0.05) is 12.1 Å². The largest absolute Gasteiger partial charge is 0.533 e. The molecule has 0 bridgehead atoms. The highest BCUT2D eigenvalue weighted by molar-refractivity contribution is 5.73. The lowest BCUT2D eigenvalue weighted by Gasteiger charge is -2.43. The van der Waals surface area contributed by atoms with Crippen molar-refractivity contribution in [2.24, 2.45) is 0 Å². The molecule has 1 aliphatic heterocycles. The van der Waals surface area contributed by atoms with Gasteiger partial charge in [-0.1, -0.05) is 12.1 Å². The maximum absolute atomic E-state index is 13.5. The average molecular weight is 575 g/mol. The molecule has 2 aromatic carbocycles. The van der Waals surface area contributed by atoms with Crippen molar-refractivity contribution in [3.8, 4) is 0 Å². The minimum absolute atomic E-state index is 0.0396. The van der Waals surface area contributed by atoms with Gasteiger partial charge in [-0.3, -0.25) is 4.90 Å². The van der Waals surface area contributed by atoms with Crippen molar-refractivity contribution < 1.29 is 50.2 Å². The van der Waals surface area contributed by atoms with Gasteiger partial charge in [0.05, 0.1) is 42.6 Å². The molecule has 2 atom stereocenters. The van der Waals surface area contributed by atoms with Crippen LogP contribution < -0.4 is 5.06 Å². The number of amides is 1. The monoisotopic (exact) mass is 574 g/mol. The number of methoxy groups -OCH3 is 1. The Hall–Kier alpha value is -3.64. The van der Waals surface area contributed by atoms with Crippen molar-refractivity contribution in [1.82, 2.24) is 4.90 Å². The fourth-order valence-corrected chi connectivity index (χ4v) is 5.34. The SMILES string of the molecule is CCOC(=O)ON1c2c(ccc3c2CCC3)[C@@H](N(Cc2cc(C(F)(F)F)cc(C(F)(F)F)c2)C(=O)OC)C[C@H]1C. The molecular formula is C27H28F6N2O5. The standard InChI is InChI=1S/C27H28F6N2O5/c1-4-39-25(37)40-35-15(2)10-22(21-9-8-17-6-5-7-20(17)23(21)35)34(24(36)38-3)14-16-11-18(26(28,29)30)13-19(12-16)27(31,32)33/h8-9,11-13,15,22H,4-7,10,14H2,1-3H3/t15-,22+/m1/s1. The number of nitrogens with zero attached hydrogens (tertiary/aromatic N) is 2. The third kappa shape index (κ3) is 5.92. The number of alkyl halides is 6. The number of aryl methyl sites for hydroxylation is 1. The van der Waals surface area contributed by atoms with Crippen LogP contribution in [0.15, 0.2) is 30.3 Å². The van der Waals surface area contributed by atoms with Gasteiger partial charge in [-0.2, -0.15) is 31.4 Å². The van der Waals surface area contributed by atoms with Crippen LogP contribution in [0.2, 0.25) is 0 Å². The zero-order chi connectivity index (χ0) is 29.4. The van der Waals surface area contributed by atoms with Crippen molar-refractivity contribution in [3.63, 3.8) is 0 Å². The first-order valence-corrected chi connectivity index (χ1v) is 12.7. The van der Waals surface area contributed by atoms with Crippen LogP contribution in [0.25, 0.3) is 0 Å². The normalized spacial score (nSPS) is 18.6.